The van der Waals surface area contributed by atoms with Gasteiger partial charge in [-0.3, -0.25) is 0 Å². The molecule has 1 heterocycles. The Morgan fingerprint density at radius 3 is 1.39 bits per heavy atom. The fourth-order valence-corrected chi connectivity index (χ4v) is 8.47. The van der Waals surface area contributed by atoms with Gasteiger partial charge < -0.3 is 0 Å². The molecule has 2 nitrogen and oxygen atoms in total. The average Bonchev–Trinajstić information content (AvgIpc) is 3.51. The van der Waals surface area contributed by atoms with Gasteiger partial charge in [0, 0.05) is 22.1 Å². The van der Waals surface area contributed by atoms with E-state index in [0.29, 0.717) is 5.82 Å². The van der Waals surface area contributed by atoms with Gasteiger partial charge in [0.2, 0.25) is 0 Å². The van der Waals surface area contributed by atoms with E-state index in [4.69, 9.17) is 9.97 Å². The summed E-state index contributed by atoms with van der Waals surface area (Å²) in [5.74, 6) is 0.716. The third kappa shape index (κ3) is 6.36. The fourth-order valence-electron chi connectivity index (χ4n) is 8.47. The quantitative estimate of drug-likeness (QED) is 0.163. The molecule has 0 atom stereocenters. The third-order valence-electron chi connectivity index (χ3n) is 11.5. The van der Waals surface area contributed by atoms with Crippen molar-refractivity contribution in [2.45, 2.75) is 19.3 Å². The van der Waals surface area contributed by atoms with Crippen LogP contribution in [0.3, 0.4) is 0 Å². The average molecular weight is 729 g/mol. The van der Waals surface area contributed by atoms with Crippen LogP contribution in [0.5, 0.6) is 0 Å². The summed E-state index contributed by atoms with van der Waals surface area (Å²) in [5.41, 5.74) is 19.8. The number of nitrogens with zero attached hydrogens (tertiary/aromatic N) is 2. The summed E-state index contributed by atoms with van der Waals surface area (Å²) < 4.78 is 0. The van der Waals surface area contributed by atoms with Crippen molar-refractivity contribution in [2.75, 3.05) is 0 Å². The van der Waals surface area contributed by atoms with Crippen molar-refractivity contribution in [2.24, 2.45) is 0 Å². The summed E-state index contributed by atoms with van der Waals surface area (Å²) in [5, 5.41) is 0. The molecule has 1 aliphatic carbocycles. The van der Waals surface area contributed by atoms with Gasteiger partial charge in [-0.05, 0) is 91.0 Å². The molecule has 1 aliphatic rings. The van der Waals surface area contributed by atoms with E-state index in [1.165, 1.54) is 55.6 Å². The SMILES string of the molecule is CC1(C)c2ccccc2-c2cc(-c3ccc(-c4ccccc4)cc3)c(-c3ccc(-c4cccc(-c5cc(-c6ccccc6)nc(-c6ccccc6)n5)c4)cc3)cc21. The van der Waals surface area contributed by atoms with Gasteiger partial charge in [0.15, 0.2) is 5.82 Å². The molecule has 0 unspecified atom stereocenters. The minimum Gasteiger partial charge on any atom is -0.228 e. The van der Waals surface area contributed by atoms with Gasteiger partial charge in [-0.15, -0.1) is 0 Å². The Bertz CT molecular complexity index is 2820. The topological polar surface area (TPSA) is 25.8 Å². The van der Waals surface area contributed by atoms with Crippen molar-refractivity contribution >= 4 is 0 Å². The fraction of sp³-hybridized carbons (Fsp3) is 0.0545. The second kappa shape index (κ2) is 14.2. The molecular formula is C55H40N2. The molecule has 10 rings (SSSR count). The monoisotopic (exact) mass is 728 g/mol. The van der Waals surface area contributed by atoms with Crippen molar-refractivity contribution < 1.29 is 0 Å². The van der Waals surface area contributed by atoms with Gasteiger partial charge >= 0.3 is 0 Å². The number of fused-ring (bicyclic) bond motifs is 3. The van der Waals surface area contributed by atoms with E-state index >= 15 is 0 Å². The van der Waals surface area contributed by atoms with E-state index in [1.807, 2.05) is 24.3 Å². The number of rotatable bonds is 7. The molecule has 0 saturated carbocycles. The highest BCUT2D eigenvalue weighted by Crippen LogP contribution is 2.52. The molecule has 0 bridgehead atoms. The van der Waals surface area contributed by atoms with Crippen LogP contribution in [0.15, 0.2) is 206 Å². The highest BCUT2D eigenvalue weighted by Gasteiger charge is 2.36. The van der Waals surface area contributed by atoms with Crippen molar-refractivity contribution in [3.8, 4) is 89.5 Å². The van der Waals surface area contributed by atoms with Crippen molar-refractivity contribution in [1.82, 2.24) is 9.97 Å². The van der Waals surface area contributed by atoms with Gasteiger partial charge in [-0.2, -0.15) is 0 Å². The van der Waals surface area contributed by atoms with Crippen molar-refractivity contribution in [1.29, 1.82) is 0 Å². The Hall–Kier alpha value is -7.16. The van der Waals surface area contributed by atoms with E-state index in [9.17, 15) is 0 Å². The summed E-state index contributed by atoms with van der Waals surface area (Å²) in [7, 11) is 0. The molecular weight excluding hydrogens is 689 g/mol. The zero-order valence-corrected chi connectivity index (χ0v) is 32.0. The molecule has 2 heteroatoms. The highest BCUT2D eigenvalue weighted by atomic mass is 14.9. The van der Waals surface area contributed by atoms with E-state index < -0.39 is 0 Å². The Labute approximate surface area is 334 Å². The van der Waals surface area contributed by atoms with E-state index in [0.717, 1.165) is 39.2 Å². The molecule has 8 aromatic carbocycles. The molecule has 1 aromatic heterocycles. The van der Waals surface area contributed by atoms with Crippen LogP contribution in [-0.4, -0.2) is 9.97 Å². The summed E-state index contributed by atoms with van der Waals surface area (Å²) in [6.07, 6.45) is 0. The van der Waals surface area contributed by atoms with Gasteiger partial charge in [0.25, 0.3) is 0 Å². The first-order chi connectivity index (χ1) is 28.0. The molecule has 0 aliphatic heterocycles. The van der Waals surface area contributed by atoms with Crippen LogP contribution in [-0.2, 0) is 5.41 Å². The zero-order chi connectivity index (χ0) is 38.3. The molecule has 9 aromatic rings. The zero-order valence-electron chi connectivity index (χ0n) is 32.0. The molecule has 0 N–H and O–H groups in total. The lowest BCUT2D eigenvalue weighted by molar-refractivity contribution is 0.660. The maximum atomic E-state index is 5.09. The number of hydrogen-bond acceptors (Lipinski definition) is 2. The largest absolute Gasteiger partial charge is 0.228 e. The minimum absolute atomic E-state index is 0.0987. The van der Waals surface area contributed by atoms with E-state index in [-0.39, 0.29) is 5.41 Å². The molecule has 0 saturated heterocycles. The van der Waals surface area contributed by atoms with Crippen LogP contribution < -0.4 is 0 Å². The Morgan fingerprint density at radius 1 is 0.281 bits per heavy atom. The van der Waals surface area contributed by atoms with Crippen LogP contribution in [0.25, 0.3) is 89.5 Å². The normalized spacial score (nSPS) is 12.5. The van der Waals surface area contributed by atoms with Crippen molar-refractivity contribution in [3.05, 3.63) is 217 Å². The predicted octanol–water partition coefficient (Wildman–Crippen LogP) is 14.5. The molecule has 0 spiro atoms. The van der Waals surface area contributed by atoms with Crippen LogP contribution in [0.1, 0.15) is 25.0 Å². The van der Waals surface area contributed by atoms with Crippen LogP contribution in [0.2, 0.25) is 0 Å². The Morgan fingerprint density at radius 2 is 0.737 bits per heavy atom. The number of aromatic nitrogens is 2. The van der Waals surface area contributed by atoms with Gasteiger partial charge in [0.1, 0.15) is 0 Å². The lowest BCUT2D eigenvalue weighted by Gasteiger charge is -2.23. The predicted molar refractivity (Wildman–Crippen MR) is 238 cm³/mol. The van der Waals surface area contributed by atoms with Gasteiger partial charge in [-0.25, -0.2) is 9.97 Å². The third-order valence-corrected chi connectivity index (χ3v) is 11.5. The number of hydrogen-bond donors (Lipinski definition) is 0. The lowest BCUT2D eigenvalue weighted by Crippen LogP contribution is -2.15. The summed E-state index contributed by atoms with van der Waals surface area (Å²) >= 11 is 0. The molecule has 270 valence electrons. The maximum Gasteiger partial charge on any atom is 0.160 e. The number of benzene rings is 8. The second-order valence-electron chi connectivity index (χ2n) is 15.4. The lowest BCUT2D eigenvalue weighted by atomic mass is 9.80. The van der Waals surface area contributed by atoms with Crippen LogP contribution in [0, 0.1) is 0 Å². The Balaban J connectivity index is 1.04. The highest BCUT2D eigenvalue weighted by molar-refractivity contribution is 5.93. The van der Waals surface area contributed by atoms with Crippen molar-refractivity contribution in [3.63, 3.8) is 0 Å². The summed E-state index contributed by atoms with van der Waals surface area (Å²) in [6, 6.07) is 73.9. The van der Waals surface area contributed by atoms with Gasteiger partial charge in [-0.1, -0.05) is 196 Å². The molecule has 57 heavy (non-hydrogen) atoms. The standard InChI is InChI=1S/C55H40N2/c1-55(2)50-24-13-12-23-46(50)49-34-47(40-29-25-38(26-30-40)37-15-6-3-7-16-37)48(35-51(49)55)41-31-27-39(28-32-41)44-21-14-22-45(33-44)53-36-52(42-17-8-4-9-18-42)56-54(57-53)43-19-10-5-11-20-43/h3-36H,1-2H3. The summed E-state index contributed by atoms with van der Waals surface area (Å²) in [6.45, 7) is 4.71. The first kappa shape index (κ1) is 34.3. The van der Waals surface area contributed by atoms with Crippen LogP contribution >= 0.6 is 0 Å². The Kier molecular flexibility index (Phi) is 8.53. The van der Waals surface area contributed by atoms with E-state index in [2.05, 4.69) is 196 Å². The van der Waals surface area contributed by atoms with Crippen LogP contribution in [0.4, 0.5) is 0 Å². The molecule has 0 fully saturated rings. The molecule has 0 radical (unpaired) electrons. The smallest absolute Gasteiger partial charge is 0.160 e. The summed E-state index contributed by atoms with van der Waals surface area (Å²) in [4.78, 5) is 10.1. The van der Waals surface area contributed by atoms with Gasteiger partial charge in [0.05, 0.1) is 11.4 Å². The second-order valence-corrected chi connectivity index (χ2v) is 15.4. The molecule has 0 amide bonds. The first-order valence-corrected chi connectivity index (χ1v) is 19.6. The first-order valence-electron chi connectivity index (χ1n) is 19.6. The van der Waals surface area contributed by atoms with E-state index in [1.54, 1.807) is 0 Å². The minimum atomic E-state index is -0.0987. The maximum absolute atomic E-state index is 5.09.